The van der Waals surface area contributed by atoms with Crippen molar-refractivity contribution in [2.75, 3.05) is 13.6 Å². The summed E-state index contributed by atoms with van der Waals surface area (Å²) in [6, 6.07) is 3.88. The van der Waals surface area contributed by atoms with Crippen LogP contribution in [0.4, 0.5) is 4.79 Å². The Balaban J connectivity index is 1.86. The zero-order chi connectivity index (χ0) is 17.9. The zero-order valence-electron chi connectivity index (χ0n) is 15.3. The number of urea groups is 1. The van der Waals surface area contributed by atoms with Crippen LogP contribution in [0.25, 0.3) is 0 Å². The van der Waals surface area contributed by atoms with Gasteiger partial charge in [-0.15, -0.1) is 0 Å². The van der Waals surface area contributed by atoms with E-state index in [2.05, 4.69) is 15.6 Å². The number of nitrogens with zero attached hydrogens (tertiary/aromatic N) is 4. The van der Waals surface area contributed by atoms with E-state index in [-0.39, 0.29) is 18.0 Å². The molecule has 7 nitrogen and oxygen atoms in total. The van der Waals surface area contributed by atoms with E-state index in [1.165, 1.54) is 0 Å². The van der Waals surface area contributed by atoms with Crippen molar-refractivity contribution in [2.24, 2.45) is 0 Å². The zero-order valence-corrected chi connectivity index (χ0v) is 15.3. The fourth-order valence-electron chi connectivity index (χ4n) is 2.54. The Morgan fingerprint density at radius 3 is 2.58 bits per heavy atom. The molecule has 0 aliphatic carbocycles. The molecule has 1 atom stereocenters. The summed E-state index contributed by atoms with van der Waals surface area (Å²) in [6.45, 7) is 11.0. The molecule has 2 aromatic heterocycles. The van der Waals surface area contributed by atoms with Gasteiger partial charge in [0.2, 0.25) is 0 Å². The Labute approximate surface area is 143 Å². The first-order valence-corrected chi connectivity index (χ1v) is 8.25. The van der Waals surface area contributed by atoms with Crippen molar-refractivity contribution in [1.29, 1.82) is 0 Å². The topological polar surface area (TPSA) is 76.2 Å². The predicted octanol–water partition coefficient (Wildman–Crippen LogP) is 3.01. The fraction of sp³-hybridized carbons (Fsp3) is 0.588. The van der Waals surface area contributed by atoms with Crippen molar-refractivity contribution >= 4 is 6.03 Å². The second kappa shape index (κ2) is 7.51. The molecule has 0 spiro atoms. The van der Waals surface area contributed by atoms with E-state index in [0.717, 1.165) is 22.8 Å². The highest BCUT2D eigenvalue weighted by atomic mass is 16.5. The second-order valence-corrected chi connectivity index (χ2v) is 6.64. The quantitative estimate of drug-likeness (QED) is 0.881. The van der Waals surface area contributed by atoms with E-state index >= 15 is 0 Å². The third-order valence-electron chi connectivity index (χ3n) is 3.90. The number of hydrogen-bond donors (Lipinski definition) is 1. The van der Waals surface area contributed by atoms with Gasteiger partial charge in [-0.1, -0.05) is 19.0 Å². The first-order valence-electron chi connectivity index (χ1n) is 8.25. The summed E-state index contributed by atoms with van der Waals surface area (Å²) in [4.78, 5) is 13.8. The van der Waals surface area contributed by atoms with Gasteiger partial charge in [0.1, 0.15) is 11.5 Å². The number of amides is 2. The van der Waals surface area contributed by atoms with Crippen LogP contribution in [0.3, 0.4) is 0 Å². The number of rotatable bonds is 6. The van der Waals surface area contributed by atoms with Gasteiger partial charge >= 0.3 is 6.03 Å². The van der Waals surface area contributed by atoms with E-state index < -0.39 is 0 Å². The monoisotopic (exact) mass is 333 g/mol. The molecule has 7 heteroatoms. The van der Waals surface area contributed by atoms with Crippen LogP contribution in [-0.2, 0) is 6.54 Å². The van der Waals surface area contributed by atoms with Crippen LogP contribution < -0.4 is 5.32 Å². The maximum Gasteiger partial charge on any atom is 0.317 e. The first-order chi connectivity index (χ1) is 11.3. The molecule has 0 fully saturated rings. The maximum atomic E-state index is 12.2. The lowest BCUT2D eigenvalue weighted by atomic mass is 10.1. The molecule has 132 valence electrons. The van der Waals surface area contributed by atoms with Gasteiger partial charge in [0.05, 0.1) is 18.3 Å². The molecule has 1 N–H and O–H groups in total. The molecule has 0 unspecified atom stereocenters. The van der Waals surface area contributed by atoms with Crippen LogP contribution in [0.15, 0.2) is 16.7 Å². The van der Waals surface area contributed by atoms with E-state index in [9.17, 15) is 4.79 Å². The lowest BCUT2D eigenvalue weighted by Gasteiger charge is -2.19. The number of carbonyl (C=O) groups is 1. The summed E-state index contributed by atoms with van der Waals surface area (Å²) in [6.07, 6.45) is 0. The number of nitrogens with one attached hydrogen (secondary N) is 1. The second-order valence-electron chi connectivity index (χ2n) is 6.64. The molecule has 2 aromatic rings. The van der Waals surface area contributed by atoms with E-state index in [0.29, 0.717) is 13.1 Å². The molecular weight excluding hydrogens is 306 g/mol. The van der Waals surface area contributed by atoms with Crippen molar-refractivity contribution < 1.29 is 9.32 Å². The molecule has 2 amide bonds. The molecule has 2 rings (SSSR count). The molecule has 0 saturated carbocycles. The average molecular weight is 333 g/mol. The summed E-state index contributed by atoms with van der Waals surface area (Å²) < 4.78 is 7.19. The highest BCUT2D eigenvalue weighted by molar-refractivity contribution is 5.73. The van der Waals surface area contributed by atoms with E-state index in [1.54, 1.807) is 11.9 Å². The summed E-state index contributed by atoms with van der Waals surface area (Å²) in [5.41, 5.74) is 2.82. The number of aryl methyl sites for hydroxylation is 2. The largest absolute Gasteiger partial charge is 0.361 e. The van der Waals surface area contributed by atoms with Crippen LogP contribution in [0, 0.1) is 13.8 Å². The Hall–Kier alpha value is -2.31. The molecule has 0 bridgehead atoms. The molecule has 0 saturated heterocycles. The van der Waals surface area contributed by atoms with Crippen molar-refractivity contribution in [3.8, 4) is 0 Å². The average Bonchev–Trinajstić information content (AvgIpc) is 3.10. The van der Waals surface area contributed by atoms with Gasteiger partial charge in [0.15, 0.2) is 0 Å². The Morgan fingerprint density at radius 2 is 2.04 bits per heavy atom. The predicted molar refractivity (Wildman–Crippen MR) is 91.9 cm³/mol. The van der Waals surface area contributed by atoms with Gasteiger partial charge in [-0.25, -0.2) is 4.79 Å². The van der Waals surface area contributed by atoms with Gasteiger partial charge < -0.3 is 14.7 Å². The summed E-state index contributed by atoms with van der Waals surface area (Å²) in [5.74, 6) is 1.11. The lowest BCUT2D eigenvalue weighted by Crippen LogP contribution is -2.39. The molecule has 24 heavy (non-hydrogen) atoms. The molecule has 2 heterocycles. The van der Waals surface area contributed by atoms with E-state index in [4.69, 9.17) is 4.52 Å². The number of hydrogen-bond acceptors (Lipinski definition) is 4. The standard InChI is InChI=1S/C17H27N5O2/c1-11(2)16-8-15(20-24-16)10-21(6)17(23)18-9-14(5)22-13(4)7-12(3)19-22/h7-8,11,14H,9-10H2,1-6H3,(H,18,23)/t14-/m1/s1. The highest BCUT2D eigenvalue weighted by Crippen LogP contribution is 2.16. The minimum atomic E-state index is -0.141. The fourth-order valence-corrected chi connectivity index (χ4v) is 2.54. The van der Waals surface area contributed by atoms with Gasteiger partial charge in [0, 0.05) is 31.3 Å². The number of carbonyl (C=O) groups excluding carboxylic acids is 1. The SMILES string of the molecule is Cc1cc(C)n([C@H](C)CNC(=O)N(C)Cc2cc(C(C)C)on2)n1. The summed E-state index contributed by atoms with van der Waals surface area (Å²) in [5, 5.41) is 11.4. The maximum absolute atomic E-state index is 12.2. The van der Waals surface area contributed by atoms with Crippen molar-refractivity contribution in [3.63, 3.8) is 0 Å². The third kappa shape index (κ3) is 4.37. The highest BCUT2D eigenvalue weighted by Gasteiger charge is 2.15. The Bertz CT molecular complexity index is 689. The normalized spacial score (nSPS) is 12.5. The molecular formula is C17H27N5O2. The first kappa shape index (κ1) is 18.0. The molecule has 0 aliphatic heterocycles. The number of aromatic nitrogens is 3. The van der Waals surface area contributed by atoms with Crippen molar-refractivity contribution in [1.82, 2.24) is 25.2 Å². The lowest BCUT2D eigenvalue weighted by molar-refractivity contribution is 0.203. The van der Waals surface area contributed by atoms with Crippen LogP contribution in [0.1, 0.15) is 55.6 Å². The van der Waals surface area contributed by atoms with Crippen molar-refractivity contribution in [2.45, 2.75) is 53.1 Å². The van der Waals surface area contributed by atoms with Crippen LogP contribution in [-0.4, -0.2) is 39.5 Å². The van der Waals surface area contributed by atoms with Crippen LogP contribution in [0.5, 0.6) is 0 Å². The van der Waals surface area contributed by atoms with Crippen molar-refractivity contribution in [3.05, 3.63) is 35.0 Å². The van der Waals surface area contributed by atoms with Crippen LogP contribution >= 0.6 is 0 Å². The minimum absolute atomic E-state index is 0.0932. The third-order valence-corrected chi connectivity index (χ3v) is 3.90. The van der Waals surface area contributed by atoms with Gasteiger partial charge in [-0.05, 0) is 26.8 Å². The summed E-state index contributed by atoms with van der Waals surface area (Å²) >= 11 is 0. The molecule has 0 aromatic carbocycles. The minimum Gasteiger partial charge on any atom is -0.361 e. The van der Waals surface area contributed by atoms with Gasteiger partial charge in [0.25, 0.3) is 0 Å². The molecule has 0 aliphatic rings. The Morgan fingerprint density at radius 1 is 1.33 bits per heavy atom. The van der Waals surface area contributed by atoms with Gasteiger partial charge in [-0.3, -0.25) is 4.68 Å². The van der Waals surface area contributed by atoms with E-state index in [1.807, 2.05) is 51.4 Å². The Kier molecular flexibility index (Phi) is 5.64. The molecule has 0 radical (unpaired) electrons. The smallest absolute Gasteiger partial charge is 0.317 e. The summed E-state index contributed by atoms with van der Waals surface area (Å²) in [7, 11) is 1.74. The van der Waals surface area contributed by atoms with Crippen LogP contribution in [0.2, 0.25) is 0 Å². The van der Waals surface area contributed by atoms with Gasteiger partial charge in [-0.2, -0.15) is 5.10 Å².